The lowest BCUT2D eigenvalue weighted by atomic mass is 9.66. The number of methoxy groups -OCH3 is 1. The molecule has 1 fully saturated rings. The van der Waals surface area contributed by atoms with Crippen molar-refractivity contribution in [3.63, 3.8) is 0 Å². The molecule has 0 unspecified atom stereocenters. The highest BCUT2D eigenvalue weighted by atomic mass is 16.6. The number of allylic oxidation sites excluding steroid dienone is 1. The molecule has 1 aliphatic rings. The molecule has 0 aromatic heterocycles. The van der Waals surface area contributed by atoms with Crippen LogP contribution in [0.4, 0.5) is 4.79 Å². The quantitative estimate of drug-likeness (QED) is 0.636. The van der Waals surface area contributed by atoms with Gasteiger partial charge >= 0.3 is 12.1 Å². The molecule has 114 valence electrons. The van der Waals surface area contributed by atoms with E-state index in [1.165, 1.54) is 7.11 Å². The Kier molecular flexibility index (Phi) is 5.20. The van der Waals surface area contributed by atoms with E-state index in [2.05, 4.69) is 12.2 Å². The fourth-order valence-corrected chi connectivity index (χ4v) is 2.21. The van der Waals surface area contributed by atoms with Gasteiger partial charge in [0.15, 0.2) is 0 Å². The molecule has 0 atom stereocenters. The minimum absolute atomic E-state index is 0.00145. The van der Waals surface area contributed by atoms with Gasteiger partial charge in [-0.05, 0) is 51.5 Å². The largest absolute Gasteiger partial charge is 0.464 e. The Balaban J connectivity index is 2.83. The fourth-order valence-electron chi connectivity index (χ4n) is 2.21. The van der Waals surface area contributed by atoms with E-state index in [1.54, 1.807) is 20.8 Å². The predicted molar refractivity (Wildman–Crippen MR) is 76.0 cm³/mol. The second kappa shape index (κ2) is 6.29. The molecule has 1 saturated carbocycles. The number of hydrogen-bond donors (Lipinski definition) is 1. The van der Waals surface area contributed by atoms with Gasteiger partial charge in [-0.3, -0.25) is 5.32 Å². The van der Waals surface area contributed by atoms with Gasteiger partial charge in [-0.15, -0.1) is 0 Å². The highest BCUT2D eigenvalue weighted by molar-refractivity contribution is 5.92. The third-order valence-corrected chi connectivity index (χ3v) is 3.54. The minimum Gasteiger partial charge on any atom is -0.464 e. The summed E-state index contributed by atoms with van der Waals surface area (Å²) in [5, 5.41) is 2.51. The lowest BCUT2D eigenvalue weighted by Gasteiger charge is -2.39. The number of rotatable bonds is 4. The minimum atomic E-state index is -0.639. The van der Waals surface area contributed by atoms with Crippen molar-refractivity contribution >= 4 is 12.1 Å². The Morgan fingerprint density at radius 3 is 2.25 bits per heavy atom. The van der Waals surface area contributed by atoms with Gasteiger partial charge in [0.05, 0.1) is 7.11 Å². The molecule has 0 saturated heterocycles. The summed E-state index contributed by atoms with van der Waals surface area (Å²) in [6.07, 6.45) is 5.32. The maximum absolute atomic E-state index is 11.8. The van der Waals surface area contributed by atoms with E-state index in [9.17, 15) is 9.59 Å². The van der Waals surface area contributed by atoms with Crippen LogP contribution in [0.25, 0.3) is 0 Å². The third kappa shape index (κ3) is 4.54. The normalized spacial score (nSPS) is 17.9. The maximum Gasteiger partial charge on any atom is 0.412 e. The van der Waals surface area contributed by atoms with Gasteiger partial charge in [-0.25, -0.2) is 9.59 Å². The van der Waals surface area contributed by atoms with Crippen molar-refractivity contribution < 1.29 is 19.1 Å². The van der Waals surface area contributed by atoms with Gasteiger partial charge < -0.3 is 9.47 Å². The Hall–Kier alpha value is -1.52. The van der Waals surface area contributed by atoms with Crippen molar-refractivity contribution in [2.24, 2.45) is 5.41 Å². The van der Waals surface area contributed by atoms with E-state index in [-0.39, 0.29) is 11.1 Å². The first kappa shape index (κ1) is 16.5. The van der Waals surface area contributed by atoms with E-state index in [4.69, 9.17) is 9.47 Å². The maximum atomic E-state index is 11.8. The topological polar surface area (TPSA) is 64.6 Å². The van der Waals surface area contributed by atoms with Gasteiger partial charge in [0.25, 0.3) is 0 Å². The standard InChI is InChI=1S/C15H25NO4/c1-6-15(8-7-9-15)10-11(12(17)19-5)16-13(18)20-14(2,3)4/h10H,6-9H2,1-5H3,(H,16,18)/b11-10+. The molecule has 1 amide bonds. The van der Waals surface area contributed by atoms with Gasteiger partial charge in [0.2, 0.25) is 0 Å². The smallest absolute Gasteiger partial charge is 0.412 e. The Morgan fingerprint density at radius 2 is 1.90 bits per heavy atom. The highest BCUT2D eigenvalue weighted by Gasteiger charge is 2.35. The lowest BCUT2D eigenvalue weighted by Crippen LogP contribution is -2.36. The molecular weight excluding hydrogens is 258 g/mol. The Morgan fingerprint density at radius 1 is 1.30 bits per heavy atom. The SMILES string of the molecule is CCC1(/C=C(/NC(=O)OC(C)(C)C)C(=O)OC)CCC1. The first-order valence-corrected chi connectivity index (χ1v) is 7.02. The summed E-state index contributed by atoms with van der Waals surface area (Å²) >= 11 is 0. The molecule has 5 nitrogen and oxygen atoms in total. The van der Waals surface area contributed by atoms with Crippen LogP contribution in [0.1, 0.15) is 53.4 Å². The number of esters is 1. The molecule has 0 spiro atoms. The summed E-state index contributed by atoms with van der Waals surface area (Å²) < 4.78 is 9.89. The van der Waals surface area contributed by atoms with E-state index >= 15 is 0 Å². The average molecular weight is 283 g/mol. The molecule has 20 heavy (non-hydrogen) atoms. The number of carbonyl (C=O) groups is 2. The summed E-state index contributed by atoms with van der Waals surface area (Å²) in [4.78, 5) is 23.6. The van der Waals surface area contributed by atoms with Gasteiger partial charge in [-0.2, -0.15) is 0 Å². The molecule has 0 aromatic rings. The predicted octanol–water partition coefficient (Wildman–Crippen LogP) is 3.15. The second-order valence-electron chi connectivity index (χ2n) is 6.25. The Labute approximate surface area is 120 Å². The molecule has 0 heterocycles. The highest BCUT2D eigenvalue weighted by Crippen LogP contribution is 2.45. The molecule has 1 aliphatic carbocycles. The van der Waals surface area contributed by atoms with Crippen LogP contribution in [0.5, 0.6) is 0 Å². The number of nitrogens with one attached hydrogen (secondary N) is 1. The number of amides is 1. The molecule has 0 bridgehead atoms. The third-order valence-electron chi connectivity index (χ3n) is 3.54. The van der Waals surface area contributed by atoms with Crippen LogP contribution in [-0.2, 0) is 14.3 Å². The number of carbonyl (C=O) groups excluding carboxylic acids is 2. The van der Waals surface area contributed by atoms with Crippen LogP contribution in [0.2, 0.25) is 0 Å². The van der Waals surface area contributed by atoms with Crippen molar-refractivity contribution in [1.82, 2.24) is 5.32 Å². The van der Waals surface area contributed by atoms with E-state index < -0.39 is 17.7 Å². The fraction of sp³-hybridized carbons (Fsp3) is 0.733. The van der Waals surface area contributed by atoms with Crippen molar-refractivity contribution in [3.05, 3.63) is 11.8 Å². The molecule has 1 rings (SSSR count). The average Bonchev–Trinajstić information content (AvgIpc) is 2.28. The van der Waals surface area contributed by atoms with Gasteiger partial charge in [0.1, 0.15) is 11.3 Å². The Bertz CT molecular complexity index is 397. The van der Waals surface area contributed by atoms with E-state index in [0.717, 1.165) is 25.7 Å². The number of alkyl carbamates (subject to hydrolysis) is 1. The first-order valence-electron chi connectivity index (χ1n) is 7.02. The molecule has 5 heteroatoms. The summed E-state index contributed by atoms with van der Waals surface area (Å²) in [7, 11) is 1.30. The van der Waals surface area contributed by atoms with Crippen molar-refractivity contribution in [2.75, 3.05) is 7.11 Å². The summed E-state index contributed by atoms with van der Waals surface area (Å²) in [6, 6.07) is 0. The summed E-state index contributed by atoms with van der Waals surface area (Å²) in [5.41, 5.74) is -0.439. The lowest BCUT2D eigenvalue weighted by molar-refractivity contribution is -0.136. The van der Waals surface area contributed by atoms with Gasteiger partial charge in [-0.1, -0.05) is 13.3 Å². The zero-order valence-electron chi connectivity index (χ0n) is 13.0. The molecule has 0 radical (unpaired) electrons. The number of hydrogen-bond acceptors (Lipinski definition) is 4. The van der Waals surface area contributed by atoms with E-state index in [0.29, 0.717) is 0 Å². The number of ether oxygens (including phenoxy) is 2. The van der Waals surface area contributed by atoms with Crippen LogP contribution in [0, 0.1) is 5.41 Å². The van der Waals surface area contributed by atoms with Crippen LogP contribution in [0.3, 0.4) is 0 Å². The summed E-state index contributed by atoms with van der Waals surface area (Å²) in [5.74, 6) is -0.546. The molecule has 0 aliphatic heterocycles. The zero-order chi connectivity index (χ0) is 15.4. The van der Waals surface area contributed by atoms with Crippen LogP contribution >= 0.6 is 0 Å². The second-order valence-corrected chi connectivity index (χ2v) is 6.25. The van der Waals surface area contributed by atoms with Crippen LogP contribution < -0.4 is 5.32 Å². The van der Waals surface area contributed by atoms with Crippen molar-refractivity contribution in [1.29, 1.82) is 0 Å². The first-order chi connectivity index (χ1) is 9.21. The van der Waals surface area contributed by atoms with Crippen molar-refractivity contribution in [2.45, 2.75) is 59.0 Å². The molecule has 0 aromatic carbocycles. The van der Waals surface area contributed by atoms with Crippen molar-refractivity contribution in [3.8, 4) is 0 Å². The van der Waals surface area contributed by atoms with Crippen LogP contribution in [0.15, 0.2) is 11.8 Å². The summed E-state index contributed by atoms with van der Waals surface area (Å²) in [6.45, 7) is 7.40. The van der Waals surface area contributed by atoms with Crippen LogP contribution in [-0.4, -0.2) is 24.8 Å². The zero-order valence-corrected chi connectivity index (χ0v) is 13.0. The molecular formula is C15H25NO4. The monoisotopic (exact) mass is 283 g/mol. The van der Waals surface area contributed by atoms with Gasteiger partial charge in [0, 0.05) is 0 Å². The van der Waals surface area contributed by atoms with E-state index in [1.807, 2.05) is 6.08 Å². The molecule has 1 N–H and O–H groups in total.